The largest absolute Gasteiger partial charge is 0.301 e. The van der Waals surface area contributed by atoms with Crippen molar-refractivity contribution in [2.24, 2.45) is 7.05 Å². The standard InChI is InChI=1S/C10H8BrN3O/c1-14-6-13-9(8(11)10(14)15)7-3-2-4-12-5-7/h2-6H,1H3. The van der Waals surface area contributed by atoms with Crippen molar-refractivity contribution in [3.63, 3.8) is 0 Å². The van der Waals surface area contributed by atoms with Crippen molar-refractivity contribution in [1.82, 2.24) is 14.5 Å². The summed E-state index contributed by atoms with van der Waals surface area (Å²) in [5, 5.41) is 0. The van der Waals surface area contributed by atoms with Crippen LogP contribution in [0.5, 0.6) is 0 Å². The quantitative estimate of drug-likeness (QED) is 0.787. The zero-order chi connectivity index (χ0) is 10.8. The van der Waals surface area contributed by atoms with E-state index in [4.69, 9.17) is 0 Å². The minimum atomic E-state index is -0.108. The molecule has 0 radical (unpaired) electrons. The Morgan fingerprint density at radius 3 is 2.93 bits per heavy atom. The van der Waals surface area contributed by atoms with Crippen molar-refractivity contribution in [3.05, 3.63) is 45.7 Å². The Labute approximate surface area is 94.8 Å². The fourth-order valence-corrected chi connectivity index (χ4v) is 1.82. The van der Waals surface area contributed by atoms with Gasteiger partial charge in [-0.3, -0.25) is 9.78 Å². The van der Waals surface area contributed by atoms with E-state index >= 15 is 0 Å². The summed E-state index contributed by atoms with van der Waals surface area (Å²) in [7, 11) is 1.66. The molecule has 0 aliphatic rings. The highest BCUT2D eigenvalue weighted by Gasteiger charge is 2.08. The fourth-order valence-electron chi connectivity index (χ4n) is 1.21. The van der Waals surface area contributed by atoms with Crippen LogP contribution in [0, 0.1) is 0 Å². The number of hydrogen-bond donors (Lipinski definition) is 0. The second kappa shape index (κ2) is 3.94. The molecular weight excluding hydrogens is 258 g/mol. The molecule has 0 saturated heterocycles. The molecule has 0 unspecified atom stereocenters. The van der Waals surface area contributed by atoms with Gasteiger partial charge in [0.2, 0.25) is 0 Å². The summed E-state index contributed by atoms with van der Waals surface area (Å²) in [6.45, 7) is 0. The van der Waals surface area contributed by atoms with E-state index in [9.17, 15) is 4.79 Å². The summed E-state index contributed by atoms with van der Waals surface area (Å²) in [6.07, 6.45) is 4.85. The van der Waals surface area contributed by atoms with E-state index < -0.39 is 0 Å². The highest BCUT2D eigenvalue weighted by molar-refractivity contribution is 9.10. The molecule has 0 N–H and O–H groups in total. The normalized spacial score (nSPS) is 10.3. The number of hydrogen-bond acceptors (Lipinski definition) is 3. The van der Waals surface area contributed by atoms with Gasteiger partial charge in [0.25, 0.3) is 5.56 Å². The van der Waals surface area contributed by atoms with Crippen LogP contribution >= 0.6 is 15.9 Å². The van der Waals surface area contributed by atoms with Crippen molar-refractivity contribution in [2.45, 2.75) is 0 Å². The molecule has 0 aromatic carbocycles. The highest BCUT2D eigenvalue weighted by atomic mass is 79.9. The number of rotatable bonds is 1. The maximum absolute atomic E-state index is 11.6. The summed E-state index contributed by atoms with van der Waals surface area (Å²) in [4.78, 5) is 19.8. The molecule has 15 heavy (non-hydrogen) atoms. The van der Waals surface area contributed by atoms with Crippen molar-refractivity contribution >= 4 is 15.9 Å². The lowest BCUT2D eigenvalue weighted by molar-refractivity contribution is 0.819. The Morgan fingerprint density at radius 1 is 1.47 bits per heavy atom. The number of aryl methyl sites for hydroxylation is 1. The van der Waals surface area contributed by atoms with Crippen LogP contribution in [0.1, 0.15) is 0 Å². The Balaban J connectivity index is 2.66. The van der Waals surface area contributed by atoms with Crippen LogP contribution in [0.3, 0.4) is 0 Å². The summed E-state index contributed by atoms with van der Waals surface area (Å²) in [5.74, 6) is 0. The van der Waals surface area contributed by atoms with Gasteiger partial charge in [0.15, 0.2) is 0 Å². The van der Waals surface area contributed by atoms with E-state index in [1.807, 2.05) is 6.07 Å². The van der Waals surface area contributed by atoms with Crippen molar-refractivity contribution < 1.29 is 0 Å². The third-order valence-corrected chi connectivity index (χ3v) is 2.73. The van der Waals surface area contributed by atoms with Crippen molar-refractivity contribution in [2.75, 3.05) is 0 Å². The highest BCUT2D eigenvalue weighted by Crippen LogP contribution is 2.21. The Kier molecular flexibility index (Phi) is 2.64. The summed E-state index contributed by atoms with van der Waals surface area (Å²) >= 11 is 3.24. The average Bonchev–Trinajstić information content (AvgIpc) is 2.27. The first-order valence-electron chi connectivity index (χ1n) is 4.31. The van der Waals surface area contributed by atoms with E-state index in [1.54, 1.807) is 25.5 Å². The van der Waals surface area contributed by atoms with Gasteiger partial charge in [-0.2, -0.15) is 0 Å². The molecule has 0 bridgehead atoms. The lowest BCUT2D eigenvalue weighted by Crippen LogP contribution is -2.18. The molecule has 0 saturated carbocycles. The van der Waals surface area contributed by atoms with Gasteiger partial charge in [0.1, 0.15) is 4.47 Å². The lowest BCUT2D eigenvalue weighted by Gasteiger charge is -2.03. The molecule has 0 aliphatic carbocycles. The molecule has 5 heteroatoms. The number of aromatic nitrogens is 3. The van der Waals surface area contributed by atoms with E-state index in [0.717, 1.165) is 5.56 Å². The van der Waals surface area contributed by atoms with Crippen LogP contribution in [0.4, 0.5) is 0 Å². The van der Waals surface area contributed by atoms with Gasteiger partial charge in [-0.25, -0.2) is 4.98 Å². The second-order valence-corrected chi connectivity index (χ2v) is 3.86. The summed E-state index contributed by atoms with van der Waals surface area (Å²) < 4.78 is 1.88. The van der Waals surface area contributed by atoms with E-state index in [-0.39, 0.29) is 5.56 Å². The molecule has 4 nitrogen and oxygen atoms in total. The van der Waals surface area contributed by atoms with Crippen molar-refractivity contribution in [1.29, 1.82) is 0 Å². The number of pyridine rings is 1. The van der Waals surface area contributed by atoms with Gasteiger partial charge < -0.3 is 4.57 Å². The van der Waals surface area contributed by atoms with Gasteiger partial charge in [0.05, 0.1) is 12.0 Å². The number of halogens is 1. The van der Waals surface area contributed by atoms with Gasteiger partial charge in [-0.15, -0.1) is 0 Å². The SMILES string of the molecule is Cn1cnc(-c2cccnc2)c(Br)c1=O. The first-order chi connectivity index (χ1) is 7.20. The van der Waals surface area contributed by atoms with Gasteiger partial charge >= 0.3 is 0 Å². The van der Waals surface area contributed by atoms with Gasteiger partial charge in [0, 0.05) is 25.0 Å². The first-order valence-corrected chi connectivity index (χ1v) is 5.11. The molecule has 0 spiro atoms. The van der Waals surface area contributed by atoms with Crippen LogP contribution in [0.2, 0.25) is 0 Å². The maximum atomic E-state index is 11.6. The Hall–Kier alpha value is -1.49. The predicted molar refractivity (Wildman–Crippen MR) is 60.4 cm³/mol. The van der Waals surface area contributed by atoms with E-state index in [1.165, 1.54) is 10.9 Å². The molecule has 2 rings (SSSR count). The smallest absolute Gasteiger partial charge is 0.267 e. The molecular formula is C10H8BrN3O. The lowest BCUT2D eigenvalue weighted by atomic mass is 10.2. The minimum Gasteiger partial charge on any atom is -0.301 e. The average molecular weight is 266 g/mol. The van der Waals surface area contributed by atoms with Gasteiger partial charge in [-0.05, 0) is 28.1 Å². The molecule has 2 aromatic rings. The van der Waals surface area contributed by atoms with Gasteiger partial charge in [-0.1, -0.05) is 0 Å². The predicted octanol–water partition coefficient (Wildman–Crippen LogP) is 1.60. The Morgan fingerprint density at radius 2 is 2.27 bits per heavy atom. The molecule has 0 amide bonds. The number of nitrogens with zero attached hydrogens (tertiary/aromatic N) is 3. The molecule has 76 valence electrons. The van der Waals surface area contributed by atoms with Crippen LogP contribution in [-0.2, 0) is 7.05 Å². The van der Waals surface area contributed by atoms with Crippen molar-refractivity contribution in [3.8, 4) is 11.3 Å². The van der Waals surface area contributed by atoms with E-state index in [0.29, 0.717) is 10.2 Å². The molecule has 2 heterocycles. The minimum absolute atomic E-state index is 0.108. The second-order valence-electron chi connectivity index (χ2n) is 3.06. The topological polar surface area (TPSA) is 47.8 Å². The van der Waals surface area contributed by atoms with E-state index in [2.05, 4.69) is 25.9 Å². The van der Waals surface area contributed by atoms with Crippen LogP contribution < -0.4 is 5.56 Å². The maximum Gasteiger partial charge on any atom is 0.267 e. The van der Waals surface area contributed by atoms with Crippen LogP contribution in [0.25, 0.3) is 11.3 Å². The molecule has 0 fully saturated rings. The summed E-state index contributed by atoms with van der Waals surface area (Å²) in [5.41, 5.74) is 1.33. The fraction of sp³-hybridized carbons (Fsp3) is 0.100. The summed E-state index contributed by atoms with van der Waals surface area (Å²) in [6, 6.07) is 3.67. The van der Waals surface area contributed by atoms with Crippen LogP contribution in [0.15, 0.2) is 40.1 Å². The molecule has 2 aromatic heterocycles. The third kappa shape index (κ3) is 1.83. The Bertz CT molecular complexity index is 536. The molecule has 0 aliphatic heterocycles. The van der Waals surface area contributed by atoms with Crippen LogP contribution in [-0.4, -0.2) is 14.5 Å². The third-order valence-electron chi connectivity index (χ3n) is 2.01. The zero-order valence-corrected chi connectivity index (χ0v) is 9.60. The molecule has 0 atom stereocenters. The monoisotopic (exact) mass is 265 g/mol. The first kappa shape index (κ1) is 10.0. The zero-order valence-electron chi connectivity index (χ0n) is 8.01.